The van der Waals surface area contributed by atoms with Crippen molar-refractivity contribution in [2.24, 2.45) is 10.8 Å². The summed E-state index contributed by atoms with van der Waals surface area (Å²) in [7, 11) is 0. The number of allylic oxidation sites excluding steroid dienone is 6. The van der Waals surface area contributed by atoms with Crippen LogP contribution in [0.1, 0.15) is 24.2 Å². The van der Waals surface area contributed by atoms with Gasteiger partial charge in [-0.2, -0.15) is 0 Å². The number of aromatic nitrogens is 6. The minimum atomic E-state index is -0.676. The standard InChI is InChI=1S/C28H20N6O4/c35-23-29(17-7-3-1-4-8-17)24(36)32-20-12-11-19(31(23)32)27-15-16-28(20,27)22-14-13-21(27)33-25(37)30(26(38)34(22)33)18-9-5-2-6-10-18/h1-16,19-22H/t19-,20-,21-,22+,27?,28?/m0/s1. The molecule has 0 radical (unpaired) electrons. The molecule has 3 aliphatic carbocycles. The molecule has 6 atom stereocenters. The van der Waals surface area contributed by atoms with Crippen LogP contribution < -0.4 is 22.8 Å². The topological polar surface area (TPSA) is 97.9 Å². The van der Waals surface area contributed by atoms with Gasteiger partial charge < -0.3 is 0 Å². The van der Waals surface area contributed by atoms with Gasteiger partial charge in [-0.1, -0.05) is 72.9 Å². The highest BCUT2D eigenvalue weighted by molar-refractivity contribution is 5.50. The fourth-order valence-electron chi connectivity index (χ4n) is 7.98. The van der Waals surface area contributed by atoms with Crippen LogP contribution in [0, 0.1) is 10.8 Å². The van der Waals surface area contributed by atoms with Crippen LogP contribution in [0.3, 0.4) is 0 Å². The summed E-state index contributed by atoms with van der Waals surface area (Å²) in [5, 5.41) is 0. The molecule has 4 bridgehead atoms. The molecule has 11 rings (SSSR count). The number of nitrogens with zero attached hydrogens (tertiary/aromatic N) is 6. The van der Waals surface area contributed by atoms with Crippen LogP contribution in [-0.4, -0.2) is 27.9 Å². The minimum absolute atomic E-state index is 0.416. The first kappa shape index (κ1) is 20.2. The van der Waals surface area contributed by atoms with Gasteiger partial charge in [0.05, 0.1) is 46.4 Å². The third-order valence-corrected chi connectivity index (χ3v) is 9.39. The molecule has 10 nitrogen and oxygen atoms in total. The van der Waals surface area contributed by atoms with Crippen molar-refractivity contribution >= 4 is 0 Å². The maximum Gasteiger partial charge on any atom is 0.352 e. The van der Waals surface area contributed by atoms with Crippen molar-refractivity contribution in [3.05, 3.63) is 139 Å². The van der Waals surface area contributed by atoms with Crippen molar-refractivity contribution in [3.63, 3.8) is 0 Å². The maximum atomic E-state index is 13.8. The van der Waals surface area contributed by atoms with Gasteiger partial charge in [0.1, 0.15) is 0 Å². The van der Waals surface area contributed by atoms with Crippen LogP contribution in [0.15, 0.2) is 116 Å². The van der Waals surface area contributed by atoms with Crippen molar-refractivity contribution in [1.29, 1.82) is 0 Å². The fourth-order valence-corrected chi connectivity index (χ4v) is 7.98. The largest absolute Gasteiger partial charge is 0.352 e. The van der Waals surface area contributed by atoms with Gasteiger partial charge in [-0.05, 0) is 24.3 Å². The van der Waals surface area contributed by atoms with Crippen molar-refractivity contribution in [2.75, 3.05) is 0 Å². The predicted molar refractivity (Wildman–Crippen MR) is 137 cm³/mol. The van der Waals surface area contributed by atoms with E-state index in [2.05, 4.69) is 12.2 Å². The van der Waals surface area contributed by atoms with Crippen molar-refractivity contribution in [2.45, 2.75) is 24.2 Å². The number of rotatable bonds is 2. The average Bonchev–Trinajstić information content (AvgIpc) is 3.36. The Morgan fingerprint density at radius 2 is 0.737 bits per heavy atom. The molecule has 10 heteroatoms. The number of para-hydroxylation sites is 2. The van der Waals surface area contributed by atoms with Gasteiger partial charge in [-0.25, -0.2) is 47.0 Å². The van der Waals surface area contributed by atoms with E-state index in [9.17, 15) is 19.2 Å². The molecule has 2 unspecified atom stereocenters. The zero-order valence-electron chi connectivity index (χ0n) is 19.9. The first-order valence-corrected chi connectivity index (χ1v) is 12.6. The monoisotopic (exact) mass is 504 g/mol. The molecule has 2 aromatic carbocycles. The fraction of sp³-hybridized carbons (Fsp3) is 0.214. The summed E-state index contributed by atoms with van der Waals surface area (Å²) in [5.41, 5.74) is -2.01. The minimum Gasteiger partial charge on any atom is -0.245 e. The lowest BCUT2D eigenvalue weighted by atomic mass is 9.39. The van der Waals surface area contributed by atoms with Crippen molar-refractivity contribution in [1.82, 2.24) is 27.9 Å². The Labute approximate surface area is 213 Å². The number of hydrogen-bond donors (Lipinski definition) is 0. The summed E-state index contributed by atoms with van der Waals surface area (Å²) >= 11 is 0. The first-order valence-electron chi connectivity index (χ1n) is 12.6. The second kappa shape index (κ2) is 6.16. The average molecular weight is 505 g/mol. The Bertz CT molecular complexity index is 1810. The van der Waals surface area contributed by atoms with Crippen LogP contribution in [0.2, 0.25) is 0 Å². The summed E-state index contributed by atoms with van der Waals surface area (Å²) in [4.78, 5) is 55.3. The smallest absolute Gasteiger partial charge is 0.245 e. The molecule has 2 aromatic heterocycles. The number of hydrogen-bond acceptors (Lipinski definition) is 4. The normalized spacial score (nSPS) is 32.0. The van der Waals surface area contributed by atoms with Gasteiger partial charge >= 0.3 is 22.8 Å². The van der Waals surface area contributed by atoms with E-state index in [1.54, 1.807) is 67.3 Å². The molecule has 6 heterocycles. The van der Waals surface area contributed by atoms with Gasteiger partial charge in [0.2, 0.25) is 0 Å². The van der Waals surface area contributed by atoms with Gasteiger partial charge in [0.25, 0.3) is 0 Å². The highest BCUT2D eigenvalue weighted by Crippen LogP contribution is 2.77. The summed E-state index contributed by atoms with van der Waals surface area (Å²) < 4.78 is 8.63. The van der Waals surface area contributed by atoms with E-state index in [-0.39, 0.29) is 0 Å². The summed E-state index contributed by atoms with van der Waals surface area (Å²) in [5.74, 6) is 0. The van der Waals surface area contributed by atoms with Crippen LogP contribution >= 0.6 is 0 Å². The lowest BCUT2D eigenvalue weighted by Gasteiger charge is -2.71. The van der Waals surface area contributed by atoms with Crippen LogP contribution in [-0.2, 0) is 0 Å². The van der Waals surface area contributed by atoms with E-state index in [0.717, 1.165) is 0 Å². The molecular weight excluding hydrogens is 484 g/mol. The molecule has 0 fully saturated rings. The molecule has 186 valence electrons. The number of benzene rings is 2. The summed E-state index contributed by atoms with van der Waals surface area (Å²) in [6, 6.07) is 15.8. The van der Waals surface area contributed by atoms with Gasteiger partial charge in [0, 0.05) is 0 Å². The van der Waals surface area contributed by atoms with Gasteiger partial charge in [-0.15, -0.1) is 0 Å². The lowest BCUT2D eigenvalue weighted by molar-refractivity contribution is -0.139. The highest BCUT2D eigenvalue weighted by atomic mass is 16.2. The molecular formula is C28H20N6O4. The van der Waals surface area contributed by atoms with Crippen molar-refractivity contribution in [3.8, 4) is 11.4 Å². The molecule has 0 spiro atoms. The van der Waals surface area contributed by atoms with E-state index in [0.29, 0.717) is 11.4 Å². The molecule has 0 saturated heterocycles. The molecule has 4 aromatic rings. The predicted octanol–water partition coefficient (Wildman–Crippen LogP) is 1.49. The first-order chi connectivity index (χ1) is 18.5. The third-order valence-electron chi connectivity index (χ3n) is 9.39. The third kappa shape index (κ3) is 1.81. The quantitative estimate of drug-likeness (QED) is 0.387. The lowest BCUT2D eigenvalue weighted by Crippen LogP contribution is -2.73. The van der Waals surface area contributed by atoms with Crippen molar-refractivity contribution < 1.29 is 0 Å². The summed E-state index contributed by atoms with van der Waals surface area (Å²) in [6.45, 7) is 0. The summed E-state index contributed by atoms with van der Waals surface area (Å²) in [6.07, 6.45) is 12.1. The van der Waals surface area contributed by atoms with E-state index < -0.39 is 57.8 Å². The van der Waals surface area contributed by atoms with E-state index >= 15 is 0 Å². The second-order valence-corrected chi connectivity index (χ2v) is 10.6. The van der Waals surface area contributed by atoms with E-state index in [1.807, 2.05) is 36.4 Å². The Morgan fingerprint density at radius 1 is 0.447 bits per heavy atom. The molecule has 4 aliphatic heterocycles. The van der Waals surface area contributed by atoms with E-state index in [4.69, 9.17) is 0 Å². The molecule has 38 heavy (non-hydrogen) atoms. The Kier molecular flexibility index (Phi) is 3.28. The molecule has 0 N–H and O–H groups in total. The molecule has 0 saturated carbocycles. The van der Waals surface area contributed by atoms with Gasteiger partial charge in [-0.3, -0.25) is 0 Å². The molecule has 7 aliphatic rings. The maximum absolute atomic E-state index is 13.8. The molecule has 0 amide bonds. The van der Waals surface area contributed by atoms with Crippen LogP contribution in [0.4, 0.5) is 0 Å². The Morgan fingerprint density at radius 3 is 1.00 bits per heavy atom. The Hall–Kier alpha value is -4.86. The zero-order valence-corrected chi connectivity index (χ0v) is 19.9. The highest BCUT2D eigenvalue weighted by Gasteiger charge is 2.77. The van der Waals surface area contributed by atoms with Crippen LogP contribution in [0.25, 0.3) is 11.4 Å². The Balaban J connectivity index is 1.34. The van der Waals surface area contributed by atoms with Crippen LogP contribution in [0.5, 0.6) is 0 Å². The zero-order chi connectivity index (χ0) is 25.6. The van der Waals surface area contributed by atoms with E-state index in [1.165, 1.54) is 9.13 Å². The second-order valence-electron chi connectivity index (χ2n) is 10.6. The SMILES string of the molecule is O=c1n(-c2ccccc2)c(=O)n2n1[C@H]1C=C[C@H]2C23C=CC12[C@@H]1C=C[C@H]3n2c(=O)n(-c3ccccc3)c(=O)n21. The van der Waals surface area contributed by atoms with Gasteiger partial charge in [0.15, 0.2) is 0 Å².